The first kappa shape index (κ1) is 20.0. The third-order valence-electron chi connectivity index (χ3n) is 3.84. The molecule has 7 nitrogen and oxygen atoms in total. The minimum atomic E-state index is -0.470. The number of halogens is 1. The second-order valence-electron chi connectivity index (χ2n) is 6.16. The van der Waals surface area contributed by atoms with E-state index in [0.29, 0.717) is 39.9 Å². The van der Waals surface area contributed by atoms with Crippen LogP contribution in [0.2, 0.25) is 0 Å². The van der Waals surface area contributed by atoms with Crippen molar-refractivity contribution in [2.45, 2.75) is 6.92 Å². The Kier molecular flexibility index (Phi) is 5.90. The number of hydrogen-bond donors (Lipinski definition) is 2. The van der Waals surface area contributed by atoms with Crippen LogP contribution in [-0.4, -0.2) is 22.0 Å². The number of amides is 2. The maximum absolute atomic E-state index is 11.7. The lowest BCUT2D eigenvalue weighted by molar-refractivity contribution is -0.113. The van der Waals surface area contributed by atoms with E-state index >= 15 is 0 Å². The third kappa shape index (κ3) is 4.97. The number of carbonyl (C=O) groups excluding carboxylic acids is 2. The third-order valence-corrected chi connectivity index (χ3v) is 4.01. The van der Waals surface area contributed by atoms with Gasteiger partial charge in [-0.15, -0.1) is 10.2 Å². The average Bonchev–Trinajstić information content (AvgIpc) is 3.19. The van der Waals surface area contributed by atoms with Crippen LogP contribution < -0.4 is 10.6 Å². The van der Waals surface area contributed by atoms with E-state index in [1.807, 2.05) is 0 Å². The van der Waals surface area contributed by atoms with Gasteiger partial charge in [0, 0.05) is 28.1 Å². The molecule has 0 unspecified atom stereocenters. The van der Waals surface area contributed by atoms with Gasteiger partial charge in [0.15, 0.2) is 0 Å². The molecule has 3 rings (SSSR count). The molecule has 0 fully saturated rings. The van der Waals surface area contributed by atoms with Gasteiger partial charge in [0.25, 0.3) is 11.8 Å². The molecule has 29 heavy (non-hydrogen) atoms. The van der Waals surface area contributed by atoms with Crippen LogP contribution in [0, 0.1) is 0 Å². The molecular weight excluding hydrogens is 392 g/mol. The zero-order chi connectivity index (χ0) is 21.0. The van der Waals surface area contributed by atoms with Crippen molar-refractivity contribution >= 4 is 34.8 Å². The second kappa shape index (κ2) is 8.53. The van der Waals surface area contributed by atoms with Crippen LogP contribution in [0.4, 0.5) is 11.4 Å². The van der Waals surface area contributed by atoms with Crippen molar-refractivity contribution in [3.63, 3.8) is 0 Å². The summed E-state index contributed by atoms with van der Waals surface area (Å²) in [5.74, 6) is -0.0388. The van der Waals surface area contributed by atoms with Gasteiger partial charge in [-0.1, -0.05) is 24.8 Å². The maximum Gasteiger partial charge on any atom is 0.266 e. The van der Waals surface area contributed by atoms with Crippen LogP contribution in [-0.2, 0) is 9.59 Å². The zero-order valence-corrected chi connectivity index (χ0v) is 16.3. The van der Waals surface area contributed by atoms with Crippen LogP contribution in [0.15, 0.2) is 76.7 Å². The Hall–Kier alpha value is -3.71. The molecule has 0 bridgehead atoms. The van der Waals surface area contributed by atoms with Gasteiger partial charge in [-0.2, -0.15) is 0 Å². The topological polar surface area (TPSA) is 97.1 Å². The number of carbonyl (C=O) groups is 2. The number of nitrogens with zero attached hydrogens (tertiary/aromatic N) is 2. The van der Waals surface area contributed by atoms with Gasteiger partial charge in [0.1, 0.15) is 0 Å². The molecule has 3 aromatic rings. The summed E-state index contributed by atoms with van der Waals surface area (Å²) in [6.07, 6.45) is 0. The summed E-state index contributed by atoms with van der Waals surface area (Å²) < 4.78 is 5.73. The average molecular weight is 409 g/mol. The van der Waals surface area contributed by atoms with Gasteiger partial charge in [-0.3, -0.25) is 9.59 Å². The lowest BCUT2D eigenvalue weighted by Gasteiger charge is -2.05. The highest BCUT2D eigenvalue weighted by Crippen LogP contribution is 2.26. The van der Waals surface area contributed by atoms with E-state index < -0.39 is 5.91 Å². The summed E-state index contributed by atoms with van der Waals surface area (Å²) in [5, 5.41) is 13.3. The lowest BCUT2D eigenvalue weighted by Crippen LogP contribution is -2.11. The highest BCUT2D eigenvalue weighted by atomic mass is 35.5. The molecule has 0 saturated heterocycles. The first-order valence-electron chi connectivity index (χ1n) is 8.50. The van der Waals surface area contributed by atoms with E-state index in [-0.39, 0.29) is 10.9 Å². The Labute approximate surface area is 172 Å². The summed E-state index contributed by atoms with van der Waals surface area (Å²) in [5.41, 5.74) is 3.03. The van der Waals surface area contributed by atoms with Crippen molar-refractivity contribution in [3.8, 4) is 22.9 Å². The van der Waals surface area contributed by atoms with Crippen LogP contribution in [0.1, 0.15) is 6.92 Å². The predicted molar refractivity (Wildman–Crippen MR) is 112 cm³/mol. The first-order valence-corrected chi connectivity index (χ1v) is 8.88. The Morgan fingerprint density at radius 1 is 0.828 bits per heavy atom. The smallest absolute Gasteiger partial charge is 0.266 e. The molecule has 0 spiro atoms. The van der Waals surface area contributed by atoms with Gasteiger partial charge in [0.2, 0.25) is 11.8 Å². The Bertz CT molecular complexity index is 1000. The molecule has 146 valence electrons. The van der Waals surface area contributed by atoms with Gasteiger partial charge in [0.05, 0.1) is 5.03 Å². The van der Waals surface area contributed by atoms with E-state index in [2.05, 4.69) is 34.0 Å². The van der Waals surface area contributed by atoms with E-state index in [0.717, 1.165) is 0 Å². The molecule has 0 saturated carbocycles. The summed E-state index contributed by atoms with van der Waals surface area (Å²) in [6, 6.07) is 13.9. The van der Waals surface area contributed by atoms with Crippen molar-refractivity contribution < 1.29 is 14.0 Å². The molecule has 8 heteroatoms. The molecule has 1 heterocycles. The van der Waals surface area contributed by atoms with Crippen LogP contribution in [0.5, 0.6) is 0 Å². The minimum Gasteiger partial charge on any atom is -0.416 e. The molecule has 0 radical (unpaired) electrons. The van der Waals surface area contributed by atoms with E-state index in [4.69, 9.17) is 16.0 Å². The minimum absolute atomic E-state index is 0.0965. The van der Waals surface area contributed by atoms with Crippen LogP contribution >= 0.6 is 11.6 Å². The summed E-state index contributed by atoms with van der Waals surface area (Å²) in [6.45, 7) is 8.61. The van der Waals surface area contributed by atoms with Gasteiger partial charge in [-0.05, 0) is 55.5 Å². The molecule has 1 aromatic heterocycles. The first-order chi connectivity index (χ1) is 13.8. The number of benzene rings is 2. The molecule has 2 amide bonds. The van der Waals surface area contributed by atoms with Gasteiger partial charge < -0.3 is 15.1 Å². The normalized spacial score (nSPS) is 10.3. The van der Waals surface area contributed by atoms with E-state index in [9.17, 15) is 9.59 Å². The van der Waals surface area contributed by atoms with Crippen LogP contribution in [0.25, 0.3) is 22.9 Å². The quantitative estimate of drug-likeness (QED) is 0.580. The lowest BCUT2D eigenvalue weighted by atomic mass is 10.2. The highest BCUT2D eigenvalue weighted by Gasteiger charge is 2.12. The summed E-state index contributed by atoms with van der Waals surface area (Å²) in [4.78, 5) is 23.2. The van der Waals surface area contributed by atoms with Crippen molar-refractivity contribution in [1.82, 2.24) is 10.2 Å². The van der Waals surface area contributed by atoms with Crippen molar-refractivity contribution in [3.05, 3.63) is 72.3 Å². The molecule has 2 aromatic carbocycles. The number of nitrogens with one attached hydrogen (secondary N) is 2. The molecule has 0 aliphatic rings. The fourth-order valence-corrected chi connectivity index (χ4v) is 2.33. The van der Waals surface area contributed by atoms with Gasteiger partial charge in [-0.25, -0.2) is 0 Å². The largest absolute Gasteiger partial charge is 0.416 e. The number of hydrogen-bond acceptors (Lipinski definition) is 5. The second-order valence-corrected chi connectivity index (χ2v) is 6.62. The number of rotatable bonds is 6. The molecule has 0 aliphatic heterocycles. The van der Waals surface area contributed by atoms with Crippen LogP contribution in [0.3, 0.4) is 0 Å². The van der Waals surface area contributed by atoms with E-state index in [1.165, 1.54) is 0 Å². The predicted octanol–water partition coefficient (Wildman–Crippen LogP) is 4.61. The zero-order valence-electron chi connectivity index (χ0n) is 15.5. The fourth-order valence-electron chi connectivity index (χ4n) is 2.29. The molecule has 0 atom stereocenters. The monoisotopic (exact) mass is 408 g/mol. The number of aromatic nitrogens is 2. The molecule has 0 aliphatic carbocycles. The standard InChI is InChI=1S/C21H17ClN4O3/c1-12(2)18(27)23-16-8-4-14(5-9-16)20-25-26-21(29-20)15-6-10-17(11-7-15)24-19(28)13(3)22/h4-11H,1,3H2,2H3,(H,23,27)(H,24,28). The SMILES string of the molecule is C=C(C)C(=O)Nc1ccc(-c2nnc(-c3ccc(NC(=O)C(=C)Cl)cc3)o2)cc1. The van der Waals surface area contributed by atoms with Crippen molar-refractivity contribution in [1.29, 1.82) is 0 Å². The molecular formula is C21H17ClN4O3. The van der Waals surface area contributed by atoms with Gasteiger partial charge >= 0.3 is 0 Å². The summed E-state index contributed by atoms with van der Waals surface area (Å²) in [7, 11) is 0. The molecule has 2 N–H and O–H groups in total. The maximum atomic E-state index is 11.7. The fraction of sp³-hybridized carbons (Fsp3) is 0.0476. The van der Waals surface area contributed by atoms with E-state index in [1.54, 1.807) is 55.5 Å². The Morgan fingerprint density at radius 2 is 1.24 bits per heavy atom. The summed E-state index contributed by atoms with van der Waals surface area (Å²) >= 11 is 5.55. The highest BCUT2D eigenvalue weighted by molar-refractivity contribution is 6.43. The Morgan fingerprint density at radius 3 is 1.62 bits per heavy atom. The number of anilines is 2. The van der Waals surface area contributed by atoms with Crippen molar-refractivity contribution in [2.24, 2.45) is 0 Å². The Balaban J connectivity index is 1.72. The van der Waals surface area contributed by atoms with Crippen molar-refractivity contribution in [2.75, 3.05) is 10.6 Å².